The van der Waals surface area contributed by atoms with E-state index in [0.717, 1.165) is 18.4 Å². The van der Waals surface area contributed by atoms with Crippen LogP contribution in [0.4, 0.5) is 0 Å². The van der Waals surface area contributed by atoms with Crippen molar-refractivity contribution >= 4 is 5.97 Å². The molecule has 0 aliphatic heterocycles. The van der Waals surface area contributed by atoms with Crippen LogP contribution in [-0.4, -0.2) is 12.6 Å². The van der Waals surface area contributed by atoms with Gasteiger partial charge in [-0.25, -0.2) is 4.79 Å². The first-order valence-electron chi connectivity index (χ1n) is 4.94. The molecule has 1 atom stereocenters. The molecule has 2 heteroatoms. The zero-order valence-corrected chi connectivity index (χ0v) is 9.09. The second-order valence-corrected chi connectivity index (χ2v) is 3.49. The molecule has 0 saturated heterocycles. The third-order valence-corrected chi connectivity index (χ3v) is 2.13. The summed E-state index contributed by atoms with van der Waals surface area (Å²) in [6.45, 7) is 8.65. The molecule has 0 aromatic carbocycles. The summed E-state index contributed by atoms with van der Waals surface area (Å²) in [6, 6.07) is 0. The van der Waals surface area contributed by atoms with Gasteiger partial charge in [0.05, 0.1) is 6.61 Å². The smallest absolute Gasteiger partial charge is 0.330 e. The molecular formula is C11H20O2. The van der Waals surface area contributed by atoms with Crippen LogP contribution in [0.2, 0.25) is 0 Å². The lowest BCUT2D eigenvalue weighted by Crippen LogP contribution is -2.09. The lowest BCUT2D eigenvalue weighted by atomic mass is 10.1. The second-order valence-electron chi connectivity index (χ2n) is 3.49. The lowest BCUT2D eigenvalue weighted by molar-refractivity contribution is -0.139. The highest BCUT2D eigenvalue weighted by molar-refractivity contribution is 5.82. The minimum atomic E-state index is -0.209. The summed E-state index contributed by atoms with van der Waals surface area (Å²) in [5.41, 5.74) is 1.06. The molecule has 2 nitrogen and oxygen atoms in total. The molecule has 0 rings (SSSR count). The van der Waals surface area contributed by atoms with Crippen LogP contribution in [0.15, 0.2) is 11.6 Å². The van der Waals surface area contributed by atoms with Crippen LogP contribution < -0.4 is 0 Å². The van der Waals surface area contributed by atoms with Crippen LogP contribution in [0.3, 0.4) is 0 Å². The van der Waals surface area contributed by atoms with Crippen molar-refractivity contribution in [1.82, 2.24) is 0 Å². The van der Waals surface area contributed by atoms with Gasteiger partial charge >= 0.3 is 5.97 Å². The normalized spacial score (nSPS) is 14.0. The van der Waals surface area contributed by atoms with Crippen LogP contribution in [0.5, 0.6) is 0 Å². The van der Waals surface area contributed by atoms with E-state index >= 15 is 0 Å². The van der Waals surface area contributed by atoms with Crippen molar-refractivity contribution in [2.24, 2.45) is 5.92 Å². The fourth-order valence-electron chi connectivity index (χ4n) is 0.687. The summed E-state index contributed by atoms with van der Waals surface area (Å²) in [5, 5.41) is 0. The van der Waals surface area contributed by atoms with Crippen LogP contribution in [0.1, 0.15) is 40.5 Å². The quantitative estimate of drug-likeness (QED) is 0.485. The molecule has 0 amide bonds. The Bertz CT molecular complexity index is 183. The molecule has 0 fully saturated rings. The number of rotatable bonds is 5. The van der Waals surface area contributed by atoms with Gasteiger partial charge in [-0.1, -0.05) is 32.8 Å². The largest absolute Gasteiger partial charge is 0.462 e. The van der Waals surface area contributed by atoms with Gasteiger partial charge in [0.2, 0.25) is 0 Å². The van der Waals surface area contributed by atoms with Crippen LogP contribution >= 0.6 is 0 Å². The molecule has 0 heterocycles. The van der Waals surface area contributed by atoms with E-state index in [-0.39, 0.29) is 5.97 Å². The van der Waals surface area contributed by atoms with E-state index in [0.29, 0.717) is 12.5 Å². The Hall–Kier alpha value is -0.790. The monoisotopic (exact) mass is 184 g/mol. The van der Waals surface area contributed by atoms with Crippen LogP contribution in [-0.2, 0) is 9.53 Å². The maximum Gasteiger partial charge on any atom is 0.330 e. The number of hydrogen-bond acceptors (Lipinski definition) is 2. The molecule has 0 radical (unpaired) electrons. The van der Waals surface area contributed by atoms with E-state index in [2.05, 4.69) is 13.8 Å². The molecule has 0 N–H and O–H groups in total. The minimum absolute atomic E-state index is 0.209. The maximum absolute atomic E-state index is 11.1. The lowest BCUT2D eigenvalue weighted by Gasteiger charge is -2.07. The molecular weight excluding hydrogens is 164 g/mol. The highest BCUT2D eigenvalue weighted by Gasteiger charge is 2.02. The Morgan fingerprint density at radius 1 is 1.46 bits per heavy atom. The molecule has 1 unspecified atom stereocenters. The van der Waals surface area contributed by atoms with Crippen molar-refractivity contribution in [1.29, 1.82) is 0 Å². The Balaban J connectivity index is 3.75. The first kappa shape index (κ1) is 12.2. The van der Waals surface area contributed by atoms with Crippen molar-refractivity contribution < 1.29 is 9.53 Å². The zero-order chi connectivity index (χ0) is 10.3. The van der Waals surface area contributed by atoms with Crippen molar-refractivity contribution in [3.8, 4) is 0 Å². The zero-order valence-electron chi connectivity index (χ0n) is 9.09. The van der Waals surface area contributed by atoms with Crippen molar-refractivity contribution in [3.05, 3.63) is 11.6 Å². The molecule has 0 bridgehead atoms. The maximum atomic E-state index is 11.1. The fraction of sp³-hybridized carbons (Fsp3) is 0.727. The first-order chi connectivity index (χ1) is 6.10. The number of hydrogen-bond donors (Lipinski definition) is 0. The van der Waals surface area contributed by atoms with Gasteiger partial charge in [0.15, 0.2) is 0 Å². The van der Waals surface area contributed by atoms with Crippen molar-refractivity contribution in [2.75, 3.05) is 6.61 Å². The molecule has 0 aromatic heterocycles. The van der Waals surface area contributed by atoms with E-state index in [1.165, 1.54) is 0 Å². The van der Waals surface area contributed by atoms with Gasteiger partial charge in [-0.3, -0.25) is 0 Å². The van der Waals surface area contributed by atoms with Gasteiger partial charge in [-0.15, -0.1) is 0 Å². The SMILES string of the molecule is CCC(C)=CC(=O)OCC(C)CC. The molecule has 0 saturated carbocycles. The molecule has 76 valence electrons. The standard InChI is InChI=1S/C11H20O2/c1-5-9(3)7-11(12)13-8-10(4)6-2/h7,10H,5-6,8H2,1-4H3. The van der Waals surface area contributed by atoms with Gasteiger partial charge in [0, 0.05) is 6.08 Å². The molecule has 0 spiro atoms. The highest BCUT2D eigenvalue weighted by Crippen LogP contribution is 2.03. The van der Waals surface area contributed by atoms with Crippen LogP contribution in [0.25, 0.3) is 0 Å². The van der Waals surface area contributed by atoms with Crippen molar-refractivity contribution in [2.45, 2.75) is 40.5 Å². The minimum Gasteiger partial charge on any atom is -0.462 e. The Morgan fingerprint density at radius 2 is 2.08 bits per heavy atom. The fourth-order valence-corrected chi connectivity index (χ4v) is 0.687. The predicted octanol–water partition coefficient (Wildman–Crippen LogP) is 2.93. The third kappa shape index (κ3) is 6.38. The Kier molecular flexibility index (Phi) is 6.29. The molecule has 13 heavy (non-hydrogen) atoms. The number of carbonyl (C=O) groups excluding carboxylic acids is 1. The number of carbonyl (C=O) groups is 1. The van der Waals surface area contributed by atoms with E-state index < -0.39 is 0 Å². The number of esters is 1. The Labute approximate surface area is 81.0 Å². The van der Waals surface area contributed by atoms with E-state index in [1.54, 1.807) is 6.08 Å². The third-order valence-electron chi connectivity index (χ3n) is 2.13. The average Bonchev–Trinajstić information content (AvgIpc) is 2.13. The summed E-state index contributed by atoms with van der Waals surface area (Å²) in [5.74, 6) is 0.249. The number of ether oxygens (including phenoxy) is 1. The van der Waals surface area contributed by atoms with Crippen molar-refractivity contribution in [3.63, 3.8) is 0 Å². The molecule has 0 aromatic rings. The van der Waals surface area contributed by atoms with E-state index in [1.807, 2.05) is 13.8 Å². The summed E-state index contributed by atoms with van der Waals surface area (Å²) >= 11 is 0. The highest BCUT2D eigenvalue weighted by atomic mass is 16.5. The van der Waals surface area contributed by atoms with Gasteiger partial charge in [0.1, 0.15) is 0 Å². The van der Waals surface area contributed by atoms with Gasteiger partial charge in [-0.05, 0) is 19.3 Å². The summed E-state index contributed by atoms with van der Waals surface area (Å²) in [7, 11) is 0. The first-order valence-corrected chi connectivity index (χ1v) is 4.94. The van der Waals surface area contributed by atoms with E-state index in [4.69, 9.17) is 4.74 Å². The van der Waals surface area contributed by atoms with Gasteiger partial charge < -0.3 is 4.74 Å². The molecule has 0 aliphatic carbocycles. The summed E-state index contributed by atoms with van der Waals surface area (Å²) in [4.78, 5) is 11.1. The van der Waals surface area contributed by atoms with E-state index in [9.17, 15) is 4.79 Å². The molecule has 0 aliphatic rings. The average molecular weight is 184 g/mol. The predicted molar refractivity (Wildman–Crippen MR) is 54.5 cm³/mol. The summed E-state index contributed by atoms with van der Waals surface area (Å²) < 4.78 is 5.05. The Morgan fingerprint density at radius 3 is 2.54 bits per heavy atom. The topological polar surface area (TPSA) is 26.3 Å². The van der Waals surface area contributed by atoms with Gasteiger partial charge in [-0.2, -0.15) is 0 Å². The number of allylic oxidation sites excluding steroid dienone is 1. The second kappa shape index (κ2) is 6.70. The summed E-state index contributed by atoms with van der Waals surface area (Å²) in [6.07, 6.45) is 3.52. The van der Waals surface area contributed by atoms with Gasteiger partial charge in [0.25, 0.3) is 0 Å². The van der Waals surface area contributed by atoms with Crippen LogP contribution in [0, 0.1) is 5.92 Å².